The summed E-state index contributed by atoms with van der Waals surface area (Å²) in [5, 5.41) is 0. The minimum Gasteiger partial charge on any atom is -0.362 e. The maximum Gasteiger partial charge on any atom is 0.411 e. The average molecular weight is 291 g/mol. The second-order valence-corrected chi connectivity index (χ2v) is 4.59. The molecular weight excluding hydrogens is 278 g/mol. The van der Waals surface area contributed by atoms with Gasteiger partial charge in [-0.2, -0.15) is 13.2 Å². The molecular formula is C13H13F4NO2. The highest BCUT2D eigenvalue weighted by molar-refractivity contribution is 5.77. The first kappa shape index (κ1) is 14.8. The number of carbonyl (C=O) groups is 1. The van der Waals surface area contributed by atoms with Gasteiger partial charge in [-0.1, -0.05) is 6.07 Å². The number of amides is 1. The Kier molecular flexibility index (Phi) is 4.27. The topological polar surface area (TPSA) is 29.5 Å². The van der Waals surface area contributed by atoms with E-state index in [1.807, 2.05) is 0 Å². The molecule has 0 fully saturated rings. The van der Waals surface area contributed by atoms with Crippen LogP contribution >= 0.6 is 0 Å². The lowest BCUT2D eigenvalue weighted by Gasteiger charge is -2.28. The van der Waals surface area contributed by atoms with Crippen molar-refractivity contribution in [3.05, 3.63) is 35.1 Å². The second-order valence-electron chi connectivity index (χ2n) is 4.59. The number of fused-ring (bicyclic) bond motifs is 1. The Labute approximate surface area is 113 Å². The van der Waals surface area contributed by atoms with E-state index in [4.69, 9.17) is 0 Å². The minimum absolute atomic E-state index is 0.196. The number of carbonyl (C=O) groups excluding carboxylic acids is 1. The summed E-state index contributed by atoms with van der Waals surface area (Å²) in [4.78, 5) is 13.1. The fourth-order valence-corrected chi connectivity index (χ4v) is 2.08. The molecule has 1 aliphatic rings. The van der Waals surface area contributed by atoms with Gasteiger partial charge in [0.15, 0.2) is 0 Å². The molecule has 7 heteroatoms. The van der Waals surface area contributed by atoms with E-state index >= 15 is 0 Å². The van der Waals surface area contributed by atoms with Crippen molar-refractivity contribution in [2.45, 2.75) is 19.1 Å². The van der Waals surface area contributed by atoms with Gasteiger partial charge in [-0.15, -0.1) is 0 Å². The molecule has 2 rings (SSSR count). The number of ether oxygens (including phenoxy) is 1. The molecule has 0 bridgehead atoms. The number of hydrogen-bond acceptors (Lipinski definition) is 2. The predicted molar refractivity (Wildman–Crippen MR) is 62.4 cm³/mol. The number of benzene rings is 1. The fraction of sp³-hybridized carbons (Fsp3) is 0.462. The third-order valence-corrected chi connectivity index (χ3v) is 3.02. The van der Waals surface area contributed by atoms with Crippen LogP contribution in [0.15, 0.2) is 18.2 Å². The summed E-state index contributed by atoms with van der Waals surface area (Å²) in [6.45, 7) is -1.48. The Morgan fingerprint density at radius 1 is 1.30 bits per heavy atom. The number of rotatable bonds is 3. The molecule has 0 atom stereocenters. The lowest BCUT2D eigenvalue weighted by Crippen LogP contribution is -2.38. The normalized spacial score (nSPS) is 15.1. The van der Waals surface area contributed by atoms with Crippen molar-refractivity contribution in [3.63, 3.8) is 0 Å². The van der Waals surface area contributed by atoms with Crippen molar-refractivity contribution in [1.82, 2.24) is 4.90 Å². The van der Waals surface area contributed by atoms with Gasteiger partial charge >= 0.3 is 6.18 Å². The number of nitrogens with zero attached hydrogens (tertiary/aromatic N) is 1. The monoisotopic (exact) mass is 291 g/mol. The van der Waals surface area contributed by atoms with Crippen LogP contribution in [0.2, 0.25) is 0 Å². The number of halogens is 4. The quantitative estimate of drug-likeness (QED) is 0.800. The van der Waals surface area contributed by atoms with Gasteiger partial charge in [0.05, 0.1) is 0 Å². The zero-order valence-corrected chi connectivity index (χ0v) is 10.5. The summed E-state index contributed by atoms with van der Waals surface area (Å²) in [6.07, 6.45) is -3.89. The van der Waals surface area contributed by atoms with Crippen molar-refractivity contribution in [1.29, 1.82) is 0 Å². The van der Waals surface area contributed by atoms with E-state index < -0.39 is 31.1 Å². The standard InChI is InChI=1S/C13H13F4NO2/c14-11-2-1-9-3-4-18(6-10(9)5-11)12(19)7-20-8-13(15,16)17/h1-2,5H,3-4,6-8H2. The average Bonchev–Trinajstić information content (AvgIpc) is 2.36. The first-order chi connectivity index (χ1) is 9.35. The molecule has 1 aromatic rings. The summed E-state index contributed by atoms with van der Waals surface area (Å²) < 4.78 is 53.1. The van der Waals surface area contributed by atoms with E-state index in [0.717, 1.165) is 5.56 Å². The Hall–Kier alpha value is -1.63. The smallest absolute Gasteiger partial charge is 0.362 e. The largest absolute Gasteiger partial charge is 0.411 e. The van der Waals surface area contributed by atoms with Gasteiger partial charge in [0.2, 0.25) is 5.91 Å². The van der Waals surface area contributed by atoms with Gasteiger partial charge in [-0.05, 0) is 29.7 Å². The minimum atomic E-state index is -4.45. The lowest BCUT2D eigenvalue weighted by molar-refractivity contribution is -0.178. The van der Waals surface area contributed by atoms with Gasteiger partial charge in [0.25, 0.3) is 0 Å². The molecule has 20 heavy (non-hydrogen) atoms. The molecule has 0 saturated carbocycles. The van der Waals surface area contributed by atoms with Gasteiger partial charge in [0, 0.05) is 13.1 Å². The highest BCUT2D eigenvalue weighted by Crippen LogP contribution is 2.20. The van der Waals surface area contributed by atoms with Gasteiger partial charge < -0.3 is 9.64 Å². The maximum absolute atomic E-state index is 13.1. The van der Waals surface area contributed by atoms with Crippen LogP contribution in [0.5, 0.6) is 0 Å². The summed E-state index contributed by atoms with van der Waals surface area (Å²) >= 11 is 0. The van der Waals surface area contributed by atoms with Crippen molar-refractivity contribution in [2.24, 2.45) is 0 Å². The molecule has 0 radical (unpaired) electrons. The van der Waals surface area contributed by atoms with Gasteiger partial charge in [-0.25, -0.2) is 4.39 Å². The predicted octanol–water partition coefficient (Wildman–Crippen LogP) is 2.29. The molecule has 1 heterocycles. The third kappa shape index (κ3) is 3.93. The SMILES string of the molecule is O=C(COCC(F)(F)F)N1CCc2ccc(F)cc2C1. The van der Waals surface area contributed by atoms with E-state index in [-0.39, 0.29) is 6.54 Å². The number of alkyl halides is 3. The highest BCUT2D eigenvalue weighted by Gasteiger charge is 2.28. The Balaban J connectivity index is 1.90. The fourth-order valence-electron chi connectivity index (χ4n) is 2.08. The van der Waals surface area contributed by atoms with Crippen molar-refractivity contribution < 1.29 is 27.1 Å². The summed E-state index contributed by atoms with van der Waals surface area (Å²) in [6, 6.07) is 4.35. The summed E-state index contributed by atoms with van der Waals surface area (Å²) in [7, 11) is 0. The first-order valence-electron chi connectivity index (χ1n) is 6.05. The van der Waals surface area contributed by atoms with Crippen LogP contribution in [-0.2, 0) is 22.5 Å². The van der Waals surface area contributed by atoms with E-state index in [1.54, 1.807) is 6.07 Å². The van der Waals surface area contributed by atoms with Gasteiger partial charge in [0.1, 0.15) is 19.0 Å². The van der Waals surface area contributed by atoms with Crippen LogP contribution in [0, 0.1) is 5.82 Å². The van der Waals surface area contributed by atoms with Crippen LogP contribution in [0.3, 0.4) is 0 Å². The molecule has 0 saturated heterocycles. The maximum atomic E-state index is 13.1. The molecule has 110 valence electrons. The zero-order chi connectivity index (χ0) is 14.8. The van der Waals surface area contributed by atoms with Crippen molar-refractivity contribution in [3.8, 4) is 0 Å². The van der Waals surface area contributed by atoms with Gasteiger partial charge in [-0.3, -0.25) is 4.79 Å². The van der Waals surface area contributed by atoms with Crippen LogP contribution in [0.1, 0.15) is 11.1 Å². The molecule has 1 aromatic carbocycles. The van der Waals surface area contributed by atoms with E-state index in [0.29, 0.717) is 18.5 Å². The van der Waals surface area contributed by atoms with Crippen molar-refractivity contribution >= 4 is 5.91 Å². The molecule has 1 aliphatic heterocycles. The van der Waals surface area contributed by atoms with E-state index in [9.17, 15) is 22.4 Å². The van der Waals surface area contributed by atoms with Crippen LogP contribution in [-0.4, -0.2) is 36.7 Å². The molecule has 3 nitrogen and oxygen atoms in total. The molecule has 0 N–H and O–H groups in total. The molecule has 0 aliphatic carbocycles. The van der Waals surface area contributed by atoms with Crippen LogP contribution in [0.4, 0.5) is 17.6 Å². The highest BCUT2D eigenvalue weighted by atomic mass is 19.4. The van der Waals surface area contributed by atoms with Crippen molar-refractivity contribution in [2.75, 3.05) is 19.8 Å². The van der Waals surface area contributed by atoms with Crippen LogP contribution < -0.4 is 0 Å². The first-order valence-corrected chi connectivity index (χ1v) is 6.05. The molecule has 0 spiro atoms. The third-order valence-electron chi connectivity index (χ3n) is 3.02. The zero-order valence-electron chi connectivity index (χ0n) is 10.5. The Bertz CT molecular complexity index is 502. The molecule has 0 unspecified atom stereocenters. The van der Waals surface area contributed by atoms with E-state index in [2.05, 4.69) is 4.74 Å². The van der Waals surface area contributed by atoms with E-state index in [1.165, 1.54) is 17.0 Å². The Morgan fingerprint density at radius 2 is 2.05 bits per heavy atom. The molecule has 0 aromatic heterocycles. The van der Waals surface area contributed by atoms with Crippen LogP contribution in [0.25, 0.3) is 0 Å². The molecule has 1 amide bonds. The number of hydrogen-bond donors (Lipinski definition) is 0. The Morgan fingerprint density at radius 3 is 2.75 bits per heavy atom. The summed E-state index contributed by atoms with van der Waals surface area (Å²) in [5.41, 5.74) is 1.63. The summed E-state index contributed by atoms with van der Waals surface area (Å²) in [5.74, 6) is -0.921. The second kappa shape index (κ2) is 5.78. The lowest BCUT2D eigenvalue weighted by atomic mass is 10.00.